The molecule has 1 heterocycles. The SMILES string of the molecule is Cc1ccc(-c2ccc(OC3CNC3)c(OC(F)(F)F)c2)cc1. The summed E-state index contributed by atoms with van der Waals surface area (Å²) in [5.74, 6) is -0.216. The van der Waals surface area contributed by atoms with Crippen molar-refractivity contribution in [2.75, 3.05) is 13.1 Å². The Morgan fingerprint density at radius 1 is 0.957 bits per heavy atom. The molecule has 1 aliphatic heterocycles. The molecule has 1 saturated heterocycles. The Hall–Kier alpha value is -2.21. The molecule has 23 heavy (non-hydrogen) atoms. The van der Waals surface area contributed by atoms with Crippen molar-refractivity contribution in [1.82, 2.24) is 5.32 Å². The molecule has 0 radical (unpaired) electrons. The van der Waals surface area contributed by atoms with Crippen molar-refractivity contribution in [2.24, 2.45) is 0 Å². The topological polar surface area (TPSA) is 30.5 Å². The summed E-state index contributed by atoms with van der Waals surface area (Å²) in [6, 6.07) is 12.1. The average molecular weight is 323 g/mol. The molecule has 6 heteroatoms. The summed E-state index contributed by atoms with van der Waals surface area (Å²) in [6.07, 6.45) is -4.89. The predicted octanol–water partition coefficient (Wildman–Crippen LogP) is 3.91. The van der Waals surface area contributed by atoms with Crippen molar-refractivity contribution in [1.29, 1.82) is 0 Å². The fourth-order valence-electron chi connectivity index (χ4n) is 2.26. The first kappa shape index (κ1) is 15.7. The summed E-state index contributed by atoms with van der Waals surface area (Å²) in [6.45, 7) is 3.18. The van der Waals surface area contributed by atoms with Crippen molar-refractivity contribution in [3.63, 3.8) is 0 Å². The van der Waals surface area contributed by atoms with Crippen LogP contribution in [0.5, 0.6) is 11.5 Å². The van der Waals surface area contributed by atoms with Crippen LogP contribution < -0.4 is 14.8 Å². The summed E-state index contributed by atoms with van der Waals surface area (Å²) in [4.78, 5) is 0. The highest BCUT2D eigenvalue weighted by Crippen LogP contribution is 2.37. The number of nitrogens with one attached hydrogen (secondary N) is 1. The number of aryl methyl sites for hydroxylation is 1. The van der Waals surface area contributed by atoms with Gasteiger partial charge in [0.25, 0.3) is 0 Å². The summed E-state index contributed by atoms with van der Waals surface area (Å²) >= 11 is 0. The quantitative estimate of drug-likeness (QED) is 0.925. The lowest BCUT2D eigenvalue weighted by Crippen LogP contribution is -2.50. The van der Waals surface area contributed by atoms with Gasteiger partial charge in [-0.2, -0.15) is 0 Å². The summed E-state index contributed by atoms with van der Waals surface area (Å²) in [5.41, 5.74) is 2.54. The van der Waals surface area contributed by atoms with Gasteiger partial charge in [0.1, 0.15) is 6.10 Å². The van der Waals surface area contributed by atoms with Gasteiger partial charge < -0.3 is 14.8 Å². The van der Waals surface area contributed by atoms with E-state index in [1.807, 2.05) is 31.2 Å². The fourth-order valence-corrected chi connectivity index (χ4v) is 2.26. The van der Waals surface area contributed by atoms with E-state index >= 15 is 0 Å². The molecule has 3 rings (SSSR count). The lowest BCUT2D eigenvalue weighted by Gasteiger charge is -2.28. The number of hydrogen-bond acceptors (Lipinski definition) is 3. The Morgan fingerprint density at radius 3 is 2.17 bits per heavy atom. The molecule has 3 nitrogen and oxygen atoms in total. The van der Waals surface area contributed by atoms with Crippen molar-refractivity contribution in [3.05, 3.63) is 48.0 Å². The van der Waals surface area contributed by atoms with Crippen LogP contribution >= 0.6 is 0 Å². The van der Waals surface area contributed by atoms with Gasteiger partial charge in [-0.3, -0.25) is 0 Å². The van der Waals surface area contributed by atoms with E-state index in [2.05, 4.69) is 10.1 Å². The number of alkyl halides is 3. The van der Waals surface area contributed by atoms with E-state index in [-0.39, 0.29) is 17.6 Å². The van der Waals surface area contributed by atoms with Crippen molar-refractivity contribution < 1.29 is 22.6 Å². The fraction of sp³-hybridized carbons (Fsp3) is 0.294. The van der Waals surface area contributed by atoms with E-state index in [0.717, 1.165) is 11.1 Å². The molecule has 0 saturated carbocycles. The monoisotopic (exact) mass is 323 g/mol. The first-order valence-corrected chi connectivity index (χ1v) is 7.25. The number of rotatable bonds is 4. The highest BCUT2D eigenvalue weighted by Gasteiger charge is 2.33. The van der Waals surface area contributed by atoms with Crippen LogP contribution in [0.1, 0.15) is 5.56 Å². The summed E-state index contributed by atoms with van der Waals surface area (Å²) < 4.78 is 47.6. The molecule has 2 aromatic carbocycles. The molecule has 0 bridgehead atoms. The summed E-state index contributed by atoms with van der Waals surface area (Å²) in [5, 5.41) is 3.00. The van der Waals surface area contributed by atoms with Crippen molar-refractivity contribution in [2.45, 2.75) is 19.4 Å². The smallest absolute Gasteiger partial charge is 0.484 e. The Balaban J connectivity index is 1.92. The van der Waals surface area contributed by atoms with Gasteiger partial charge in [-0.1, -0.05) is 35.9 Å². The van der Waals surface area contributed by atoms with Gasteiger partial charge in [-0.25, -0.2) is 0 Å². The van der Waals surface area contributed by atoms with Gasteiger partial charge in [0.2, 0.25) is 0 Å². The van der Waals surface area contributed by atoms with Gasteiger partial charge in [0.15, 0.2) is 11.5 Å². The summed E-state index contributed by atoms with van der Waals surface area (Å²) in [7, 11) is 0. The maximum atomic E-state index is 12.7. The van der Waals surface area contributed by atoms with E-state index in [4.69, 9.17) is 4.74 Å². The number of benzene rings is 2. The highest BCUT2D eigenvalue weighted by molar-refractivity contribution is 5.67. The largest absolute Gasteiger partial charge is 0.573 e. The van der Waals surface area contributed by atoms with Crippen LogP contribution in [0.15, 0.2) is 42.5 Å². The van der Waals surface area contributed by atoms with Gasteiger partial charge in [0.05, 0.1) is 0 Å². The molecule has 1 aliphatic rings. The molecule has 1 fully saturated rings. The molecule has 0 spiro atoms. The molecule has 0 atom stereocenters. The second-order valence-electron chi connectivity index (χ2n) is 5.47. The maximum absolute atomic E-state index is 12.7. The van der Waals surface area contributed by atoms with E-state index in [1.165, 1.54) is 12.1 Å². The molecule has 2 aromatic rings. The third kappa shape index (κ3) is 3.96. The van der Waals surface area contributed by atoms with Crippen LogP contribution in [0, 0.1) is 6.92 Å². The molecular weight excluding hydrogens is 307 g/mol. The van der Waals surface area contributed by atoms with Crippen LogP contribution in [0.25, 0.3) is 11.1 Å². The minimum Gasteiger partial charge on any atom is -0.484 e. The van der Waals surface area contributed by atoms with Gasteiger partial charge >= 0.3 is 6.36 Å². The van der Waals surface area contributed by atoms with Crippen LogP contribution in [-0.4, -0.2) is 25.6 Å². The van der Waals surface area contributed by atoms with Gasteiger partial charge in [0, 0.05) is 13.1 Å². The predicted molar refractivity (Wildman–Crippen MR) is 80.6 cm³/mol. The van der Waals surface area contributed by atoms with Crippen LogP contribution in [0.2, 0.25) is 0 Å². The molecule has 122 valence electrons. The van der Waals surface area contributed by atoms with E-state index in [9.17, 15) is 13.2 Å². The highest BCUT2D eigenvalue weighted by atomic mass is 19.4. The molecule has 0 aliphatic carbocycles. The molecule has 1 N–H and O–H groups in total. The Bertz CT molecular complexity index is 679. The maximum Gasteiger partial charge on any atom is 0.573 e. The van der Waals surface area contributed by atoms with Crippen molar-refractivity contribution >= 4 is 0 Å². The van der Waals surface area contributed by atoms with Crippen LogP contribution in [-0.2, 0) is 0 Å². The molecule has 0 aromatic heterocycles. The van der Waals surface area contributed by atoms with E-state index < -0.39 is 6.36 Å². The third-order valence-electron chi connectivity index (χ3n) is 3.59. The second-order valence-corrected chi connectivity index (χ2v) is 5.47. The van der Waals surface area contributed by atoms with Crippen molar-refractivity contribution in [3.8, 4) is 22.6 Å². The van der Waals surface area contributed by atoms with Crippen LogP contribution in [0.3, 0.4) is 0 Å². The first-order valence-electron chi connectivity index (χ1n) is 7.25. The number of ether oxygens (including phenoxy) is 2. The minimum atomic E-state index is -4.76. The van der Waals surface area contributed by atoms with Gasteiger partial charge in [-0.15, -0.1) is 13.2 Å². The minimum absolute atomic E-state index is 0.102. The number of hydrogen-bond donors (Lipinski definition) is 1. The Labute approximate surface area is 132 Å². The Kier molecular flexibility index (Phi) is 4.17. The lowest BCUT2D eigenvalue weighted by atomic mass is 10.0. The zero-order chi connectivity index (χ0) is 16.4. The van der Waals surface area contributed by atoms with E-state index in [0.29, 0.717) is 18.7 Å². The third-order valence-corrected chi connectivity index (χ3v) is 3.59. The van der Waals surface area contributed by atoms with E-state index in [1.54, 1.807) is 6.07 Å². The zero-order valence-corrected chi connectivity index (χ0v) is 12.5. The Morgan fingerprint density at radius 2 is 1.61 bits per heavy atom. The molecular formula is C17H16F3NO2. The molecule has 0 unspecified atom stereocenters. The lowest BCUT2D eigenvalue weighted by molar-refractivity contribution is -0.275. The second kappa shape index (κ2) is 6.12. The van der Waals surface area contributed by atoms with Crippen LogP contribution in [0.4, 0.5) is 13.2 Å². The van der Waals surface area contributed by atoms with Gasteiger partial charge in [-0.05, 0) is 30.2 Å². The standard InChI is InChI=1S/C17H16F3NO2/c1-11-2-4-12(5-3-11)13-6-7-15(22-14-9-21-10-14)16(8-13)23-17(18,19)20/h2-8,14,21H,9-10H2,1H3. The molecule has 0 amide bonds. The zero-order valence-electron chi connectivity index (χ0n) is 12.5. The normalized spacial score (nSPS) is 15.1. The first-order chi connectivity index (χ1) is 10.9. The average Bonchev–Trinajstić information content (AvgIpc) is 2.43. The number of halogens is 3.